The van der Waals surface area contributed by atoms with Crippen molar-refractivity contribution in [3.8, 4) is 0 Å². The zero-order chi connectivity index (χ0) is 17.0. The molecule has 122 valence electrons. The average molecular weight is 397 g/mol. The van der Waals surface area contributed by atoms with E-state index in [-0.39, 0.29) is 5.92 Å². The maximum atomic E-state index is 12.2. The first kappa shape index (κ1) is 17.4. The zero-order valence-electron chi connectivity index (χ0n) is 12.7. The molecule has 0 radical (unpaired) electrons. The Kier molecular flexibility index (Phi) is 5.73. The number of aryl methyl sites for hydroxylation is 1. The third kappa shape index (κ3) is 4.29. The largest absolute Gasteiger partial charge is 0.368 e. The summed E-state index contributed by atoms with van der Waals surface area (Å²) >= 11 is 4.51. The molecule has 2 atom stereocenters. The van der Waals surface area contributed by atoms with Crippen LogP contribution in [0.4, 0.5) is 9.80 Å². The summed E-state index contributed by atoms with van der Waals surface area (Å²) in [6, 6.07) is 8.11. The minimum absolute atomic E-state index is 0.244. The van der Waals surface area contributed by atoms with Gasteiger partial charge in [-0.2, -0.15) is 4.37 Å². The Hall–Kier alpha value is -1.93. The number of carbonyl (C=O) groups is 2. The first-order valence-electron chi connectivity index (χ1n) is 6.93. The average Bonchev–Trinajstić information content (AvgIpc) is 2.84. The summed E-state index contributed by atoms with van der Waals surface area (Å²) in [7, 11) is 0. The molecule has 2 aromatic rings. The van der Waals surface area contributed by atoms with Gasteiger partial charge >= 0.3 is 6.03 Å². The Morgan fingerprint density at radius 2 is 1.96 bits per heavy atom. The molecule has 2 rings (SSSR count). The Morgan fingerprint density at radius 3 is 2.48 bits per heavy atom. The molecule has 23 heavy (non-hydrogen) atoms. The van der Waals surface area contributed by atoms with Crippen LogP contribution in [-0.2, 0) is 4.79 Å². The van der Waals surface area contributed by atoms with E-state index < -0.39 is 18.0 Å². The second-order valence-electron chi connectivity index (χ2n) is 5.09. The van der Waals surface area contributed by atoms with Crippen LogP contribution in [0.2, 0.25) is 0 Å². The Labute approximate surface area is 146 Å². The number of anilines is 1. The topological polar surface area (TPSA) is 97.1 Å². The molecule has 1 aromatic heterocycles. The number of carbonyl (C=O) groups excluding carboxylic acids is 2. The summed E-state index contributed by atoms with van der Waals surface area (Å²) in [5.41, 5.74) is 7.16. The van der Waals surface area contributed by atoms with Crippen molar-refractivity contribution in [1.82, 2.24) is 9.69 Å². The molecule has 0 bridgehead atoms. The Bertz CT molecular complexity index is 705. The zero-order valence-corrected chi connectivity index (χ0v) is 15.1. The molecule has 0 aliphatic heterocycles. The van der Waals surface area contributed by atoms with Crippen LogP contribution in [0.15, 0.2) is 34.8 Å². The Balaban J connectivity index is 2.09. The van der Waals surface area contributed by atoms with Crippen LogP contribution in [0.5, 0.6) is 0 Å². The predicted octanol–water partition coefficient (Wildman–Crippen LogP) is 2.99. The molecule has 1 aromatic carbocycles. The highest BCUT2D eigenvalue weighted by Gasteiger charge is 2.26. The van der Waals surface area contributed by atoms with Gasteiger partial charge < -0.3 is 11.1 Å². The first-order chi connectivity index (χ1) is 10.9. The third-order valence-corrected chi connectivity index (χ3v) is 5.52. The van der Waals surface area contributed by atoms with Gasteiger partial charge in [0, 0.05) is 5.92 Å². The highest BCUT2D eigenvalue weighted by molar-refractivity contribution is 9.10. The predicted molar refractivity (Wildman–Crippen MR) is 94.5 cm³/mol. The molecule has 0 saturated heterocycles. The lowest BCUT2D eigenvalue weighted by Gasteiger charge is -2.22. The number of halogens is 1. The lowest BCUT2D eigenvalue weighted by Crippen LogP contribution is -2.49. The van der Waals surface area contributed by atoms with E-state index >= 15 is 0 Å². The summed E-state index contributed by atoms with van der Waals surface area (Å²) in [4.78, 5) is 23.9. The van der Waals surface area contributed by atoms with Gasteiger partial charge in [0.15, 0.2) is 0 Å². The third-order valence-electron chi connectivity index (χ3n) is 3.44. The number of aromatic nitrogens is 1. The fourth-order valence-electron chi connectivity index (χ4n) is 2.11. The molecule has 0 aliphatic carbocycles. The number of hydrogen-bond acceptors (Lipinski definition) is 4. The van der Waals surface area contributed by atoms with Crippen molar-refractivity contribution in [2.45, 2.75) is 25.8 Å². The molecule has 0 fully saturated rings. The van der Waals surface area contributed by atoms with E-state index in [1.54, 1.807) is 0 Å². The van der Waals surface area contributed by atoms with Crippen molar-refractivity contribution >= 4 is 44.4 Å². The maximum Gasteiger partial charge on any atom is 0.320 e. The van der Waals surface area contributed by atoms with E-state index in [2.05, 4.69) is 30.9 Å². The van der Waals surface area contributed by atoms with Crippen LogP contribution in [0.3, 0.4) is 0 Å². The van der Waals surface area contributed by atoms with Crippen LogP contribution >= 0.6 is 27.5 Å². The van der Waals surface area contributed by atoms with Gasteiger partial charge in [-0.25, -0.2) is 4.79 Å². The monoisotopic (exact) mass is 396 g/mol. The van der Waals surface area contributed by atoms with Crippen molar-refractivity contribution in [2.24, 2.45) is 5.73 Å². The van der Waals surface area contributed by atoms with Gasteiger partial charge in [0.25, 0.3) is 0 Å². The summed E-state index contributed by atoms with van der Waals surface area (Å²) in [5, 5.41) is 5.89. The van der Waals surface area contributed by atoms with Gasteiger partial charge in [-0.15, -0.1) is 0 Å². The number of nitrogens with two attached hydrogens (primary N) is 1. The molecule has 0 spiro atoms. The number of rotatable bonds is 5. The second kappa shape index (κ2) is 7.56. The lowest BCUT2D eigenvalue weighted by atomic mass is 9.93. The molecule has 3 amide bonds. The summed E-state index contributed by atoms with van der Waals surface area (Å²) in [5.74, 6) is -0.831. The SMILES string of the molecule is Cc1nsc(NC(=O)NC(C(N)=O)C(C)c2ccccc2)c1Br. The normalized spacial score (nSPS) is 13.2. The second-order valence-corrected chi connectivity index (χ2v) is 6.66. The minimum Gasteiger partial charge on any atom is -0.368 e. The molecule has 1 heterocycles. The van der Waals surface area contributed by atoms with Crippen LogP contribution in [-0.4, -0.2) is 22.4 Å². The van der Waals surface area contributed by atoms with Crippen LogP contribution in [0.25, 0.3) is 0 Å². The molecule has 0 saturated carbocycles. The number of nitrogens with one attached hydrogen (secondary N) is 2. The maximum absolute atomic E-state index is 12.2. The number of urea groups is 1. The molecule has 2 unspecified atom stereocenters. The smallest absolute Gasteiger partial charge is 0.320 e. The van der Waals surface area contributed by atoms with Crippen molar-refractivity contribution in [3.63, 3.8) is 0 Å². The van der Waals surface area contributed by atoms with E-state index in [1.165, 1.54) is 0 Å². The molecule has 6 nitrogen and oxygen atoms in total. The van der Waals surface area contributed by atoms with E-state index in [0.29, 0.717) is 5.00 Å². The minimum atomic E-state index is -0.815. The molecule has 8 heteroatoms. The van der Waals surface area contributed by atoms with Gasteiger partial charge in [-0.3, -0.25) is 10.1 Å². The fourth-order valence-corrected chi connectivity index (χ4v) is 3.32. The first-order valence-corrected chi connectivity index (χ1v) is 8.50. The summed E-state index contributed by atoms with van der Waals surface area (Å²) in [6.07, 6.45) is 0. The van der Waals surface area contributed by atoms with Crippen LogP contribution in [0, 0.1) is 6.92 Å². The highest BCUT2D eigenvalue weighted by atomic mass is 79.9. The number of amides is 3. The van der Waals surface area contributed by atoms with Crippen molar-refractivity contribution in [3.05, 3.63) is 46.1 Å². The van der Waals surface area contributed by atoms with E-state index in [9.17, 15) is 9.59 Å². The van der Waals surface area contributed by atoms with Crippen molar-refractivity contribution in [2.75, 3.05) is 5.32 Å². The summed E-state index contributed by atoms with van der Waals surface area (Å²) in [6.45, 7) is 3.67. The van der Waals surface area contributed by atoms with Gasteiger partial charge in [-0.1, -0.05) is 37.3 Å². The molecule has 4 N–H and O–H groups in total. The van der Waals surface area contributed by atoms with Gasteiger partial charge in [-0.05, 0) is 39.9 Å². The number of hydrogen-bond donors (Lipinski definition) is 3. The number of nitrogens with zero attached hydrogens (tertiary/aromatic N) is 1. The Morgan fingerprint density at radius 1 is 1.30 bits per heavy atom. The highest BCUT2D eigenvalue weighted by Crippen LogP contribution is 2.29. The molecule has 0 aliphatic rings. The lowest BCUT2D eigenvalue weighted by molar-refractivity contribution is -0.120. The van der Waals surface area contributed by atoms with Gasteiger partial charge in [0.05, 0.1) is 10.2 Å². The quantitative estimate of drug-likeness (QED) is 0.724. The van der Waals surface area contributed by atoms with Crippen molar-refractivity contribution in [1.29, 1.82) is 0 Å². The molecular formula is C15H17BrN4O2S. The summed E-state index contributed by atoms with van der Waals surface area (Å²) < 4.78 is 4.85. The van der Waals surface area contributed by atoms with E-state index in [4.69, 9.17) is 5.73 Å². The van der Waals surface area contributed by atoms with Crippen LogP contribution < -0.4 is 16.4 Å². The number of benzene rings is 1. The fraction of sp³-hybridized carbons (Fsp3) is 0.267. The molecular weight excluding hydrogens is 380 g/mol. The van der Waals surface area contributed by atoms with Crippen molar-refractivity contribution < 1.29 is 9.59 Å². The standard InChI is InChI=1S/C15H17BrN4O2S/c1-8(10-6-4-3-5-7-10)12(13(17)21)18-15(22)19-14-11(16)9(2)20-23-14/h3-8,12H,1-2H3,(H2,17,21)(H2,18,19,22). The van der Waals surface area contributed by atoms with Crippen LogP contribution in [0.1, 0.15) is 24.1 Å². The van der Waals surface area contributed by atoms with E-state index in [0.717, 1.165) is 27.3 Å². The van der Waals surface area contributed by atoms with E-state index in [1.807, 2.05) is 44.2 Å². The number of primary amides is 1. The van der Waals surface area contributed by atoms with Gasteiger partial charge in [0.2, 0.25) is 5.91 Å². The van der Waals surface area contributed by atoms with Gasteiger partial charge in [0.1, 0.15) is 11.0 Å².